The average Bonchev–Trinajstić information content (AvgIpc) is 2.70. The van der Waals surface area contributed by atoms with E-state index >= 15 is 0 Å². The normalized spacial score (nSPS) is 12.1. The number of aromatic nitrogens is 1. The number of alkyl halides is 3. The monoisotopic (exact) mass is 302 g/mol. The topological polar surface area (TPSA) is 52.0 Å². The summed E-state index contributed by atoms with van der Waals surface area (Å²) in [6.45, 7) is 3.80. The molecule has 2 rings (SSSR count). The van der Waals surface area contributed by atoms with Crippen molar-refractivity contribution in [3.05, 3.63) is 35.1 Å². The molecular weight excluding hydrogens is 288 g/mol. The van der Waals surface area contributed by atoms with Gasteiger partial charge < -0.3 is 10.3 Å². The molecule has 0 aliphatic heterocycles. The smallest absolute Gasteiger partial charge is 0.381 e. The zero-order chi connectivity index (χ0) is 15.8. The van der Waals surface area contributed by atoms with Crippen LogP contribution >= 0.6 is 0 Å². The van der Waals surface area contributed by atoms with E-state index in [0.717, 1.165) is 6.07 Å². The third-order valence-corrected chi connectivity index (χ3v) is 2.97. The fourth-order valence-corrected chi connectivity index (χ4v) is 2.01. The van der Waals surface area contributed by atoms with Gasteiger partial charge in [-0.1, -0.05) is 19.0 Å². The van der Waals surface area contributed by atoms with E-state index in [4.69, 9.17) is 10.3 Å². The van der Waals surface area contributed by atoms with Crippen molar-refractivity contribution in [1.82, 2.24) is 5.16 Å². The second-order valence-electron chi connectivity index (χ2n) is 5.17. The summed E-state index contributed by atoms with van der Waals surface area (Å²) in [5.41, 5.74) is 4.83. The molecule has 3 nitrogen and oxygen atoms in total. The second-order valence-corrected chi connectivity index (χ2v) is 5.17. The van der Waals surface area contributed by atoms with Gasteiger partial charge in [-0.2, -0.15) is 13.2 Å². The van der Waals surface area contributed by atoms with Gasteiger partial charge in [0.15, 0.2) is 11.6 Å². The number of nitrogens with two attached hydrogens (primary N) is 1. The number of nitrogen functional groups attached to an aromatic ring is 1. The lowest BCUT2D eigenvalue weighted by atomic mass is 9.98. The van der Waals surface area contributed by atoms with Crippen LogP contribution in [0, 0.1) is 11.7 Å². The van der Waals surface area contributed by atoms with Gasteiger partial charge in [0.25, 0.3) is 0 Å². The third kappa shape index (κ3) is 3.17. The van der Waals surface area contributed by atoms with Crippen molar-refractivity contribution >= 4 is 5.82 Å². The maximum Gasteiger partial charge on any atom is 0.416 e. The van der Waals surface area contributed by atoms with Crippen LogP contribution in [0.15, 0.2) is 22.7 Å². The summed E-state index contributed by atoms with van der Waals surface area (Å²) in [7, 11) is 0. The van der Waals surface area contributed by atoms with Gasteiger partial charge in [-0.25, -0.2) is 4.39 Å². The van der Waals surface area contributed by atoms with Crippen LogP contribution in [0.1, 0.15) is 25.0 Å². The molecule has 2 aromatic rings. The van der Waals surface area contributed by atoms with Crippen molar-refractivity contribution in [3.63, 3.8) is 0 Å². The Morgan fingerprint density at radius 1 is 1.29 bits per heavy atom. The number of halogens is 4. The van der Waals surface area contributed by atoms with Gasteiger partial charge in [-0.05, 0) is 30.5 Å². The molecule has 1 aromatic carbocycles. The Bertz CT molecular complexity index is 647. The van der Waals surface area contributed by atoms with E-state index in [2.05, 4.69) is 5.16 Å². The number of nitrogens with zero attached hydrogens (tertiary/aromatic N) is 1. The highest BCUT2D eigenvalue weighted by Gasteiger charge is 2.32. The first-order valence-corrected chi connectivity index (χ1v) is 6.31. The first-order valence-electron chi connectivity index (χ1n) is 6.31. The summed E-state index contributed by atoms with van der Waals surface area (Å²) in [6.07, 6.45) is -4.13. The molecule has 0 spiro atoms. The molecule has 7 heteroatoms. The number of hydrogen-bond donors (Lipinski definition) is 1. The average molecular weight is 302 g/mol. The molecule has 0 bridgehead atoms. The largest absolute Gasteiger partial charge is 0.416 e. The highest BCUT2D eigenvalue weighted by molar-refractivity contribution is 5.67. The van der Waals surface area contributed by atoms with Crippen LogP contribution in [0.25, 0.3) is 11.3 Å². The zero-order valence-electron chi connectivity index (χ0n) is 11.5. The molecule has 0 fully saturated rings. The van der Waals surface area contributed by atoms with Crippen molar-refractivity contribution in [2.45, 2.75) is 26.4 Å². The van der Waals surface area contributed by atoms with Crippen LogP contribution in [0.4, 0.5) is 23.4 Å². The lowest BCUT2D eigenvalue weighted by Gasteiger charge is -2.10. The summed E-state index contributed by atoms with van der Waals surface area (Å²) in [6, 6.07) is 2.15. The van der Waals surface area contributed by atoms with E-state index in [-0.39, 0.29) is 23.1 Å². The van der Waals surface area contributed by atoms with Crippen LogP contribution < -0.4 is 5.73 Å². The molecule has 0 saturated carbocycles. The highest BCUT2D eigenvalue weighted by atomic mass is 19.4. The molecule has 1 heterocycles. The number of rotatable bonds is 3. The predicted octanol–water partition coefficient (Wildman–Crippen LogP) is 4.28. The standard InChI is InChI=1S/C14H14F4N2O/c1-7(2)5-10-12(21-20-13(10)19)9-6-8(14(16,17)18)3-4-11(9)15/h3-4,6-7H,5H2,1-2H3,(H2,19,20). The Morgan fingerprint density at radius 3 is 2.52 bits per heavy atom. The second kappa shape index (κ2) is 5.38. The molecule has 0 radical (unpaired) electrons. The van der Waals surface area contributed by atoms with E-state index in [1.165, 1.54) is 0 Å². The van der Waals surface area contributed by atoms with Crippen molar-refractivity contribution in [1.29, 1.82) is 0 Å². The Kier molecular flexibility index (Phi) is 3.93. The van der Waals surface area contributed by atoms with Crippen molar-refractivity contribution in [3.8, 4) is 11.3 Å². The van der Waals surface area contributed by atoms with Crippen LogP contribution in [-0.4, -0.2) is 5.16 Å². The molecule has 1 aromatic heterocycles. The Morgan fingerprint density at radius 2 is 1.95 bits per heavy atom. The molecule has 114 valence electrons. The van der Waals surface area contributed by atoms with Crippen molar-refractivity contribution in [2.75, 3.05) is 5.73 Å². The predicted molar refractivity (Wildman–Crippen MR) is 69.9 cm³/mol. The summed E-state index contributed by atoms with van der Waals surface area (Å²) >= 11 is 0. The minimum atomic E-state index is -4.56. The Balaban J connectivity index is 2.57. The minimum absolute atomic E-state index is 0.0511. The van der Waals surface area contributed by atoms with Crippen LogP contribution in [0.3, 0.4) is 0 Å². The molecule has 2 N–H and O–H groups in total. The first kappa shape index (κ1) is 15.3. The Labute approximate surface area is 118 Å². The van der Waals surface area contributed by atoms with Crippen LogP contribution in [-0.2, 0) is 12.6 Å². The third-order valence-electron chi connectivity index (χ3n) is 2.97. The van der Waals surface area contributed by atoms with Gasteiger partial charge in [0, 0.05) is 5.56 Å². The maximum atomic E-state index is 13.9. The van der Waals surface area contributed by atoms with Gasteiger partial charge in [0.05, 0.1) is 11.1 Å². The summed E-state index contributed by atoms with van der Waals surface area (Å²) in [4.78, 5) is 0. The number of hydrogen-bond acceptors (Lipinski definition) is 3. The number of anilines is 1. The quantitative estimate of drug-likeness (QED) is 0.861. The lowest BCUT2D eigenvalue weighted by molar-refractivity contribution is -0.137. The molecule has 0 amide bonds. The van der Waals surface area contributed by atoms with E-state index in [0.29, 0.717) is 24.1 Å². The first-order chi connectivity index (χ1) is 9.70. The van der Waals surface area contributed by atoms with Gasteiger partial charge in [0.1, 0.15) is 5.82 Å². The molecule has 0 aliphatic rings. The fraction of sp³-hybridized carbons (Fsp3) is 0.357. The van der Waals surface area contributed by atoms with Gasteiger partial charge in [-0.3, -0.25) is 0 Å². The van der Waals surface area contributed by atoms with Crippen molar-refractivity contribution in [2.24, 2.45) is 5.92 Å². The van der Waals surface area contributed by atoms with Gasteiger partial charge in [-0.15, -0.1) is 0 Å². The zero-order valence-corrected chi connectivity index (χ0v) is 11.5. The number of benzene rings is 1. The summed E-state index contributed by atoms with van der Waals surface area (Å²) in [5, 5.41) is 3.53. The van der Waals surface area contributed by atoms with Gasteiger partial charge >= 0.3 is 6.18 Å². The SMILES string of the molecule is CC(C)Cc1c(N)noc1-c1cc(C(F)(F)F)ccc1F. The Hall–Kier alpha value is -2.05. The van der Waals surface area contributed by atoms with E-state index in [1.807, 2.05) is 13.8 Å². The van der Waals surface area contributed by atoms with Crippen molar-refractivity contribution < 1.29 is 22.1 Å². The molecule has 0 aliphatic carbocycles. The molecule has 0 unspecified atom stereocenters. The highest BCUT2D eigenvalue weighted by Crippen LogP contribution is 2.36. The van der Waals surface area contributed by atoms with Gasteiger partial charge in [0.2, 0.25) is 0 Å². The summed E-state index contributed by atoms with van der Waals surface area (Å²) < 4.78 is 57.0. The van der Waals surface area contributed by atoms with E-state index in [9.17, 15) is 17.6 Å². The molecular formula is C14H14F4N2O. The summed E-state index contributed by atoms with van der Waals surface area (Å²) in [5.74, 6) is -0.635. The minimum Gasteiger partial charge on any atom is -0.381 e. The maximum absolute atomic E-state index is 13.9. The fourth-order valence-electron chi connectivity index (χ4n) is 2.01. The molecule has 0 saturated heterocycles. The molecule has 21 heavy (non-hydrogen) atoms. The van der Waals surface area contributed by atoms with Crippen LogP contribution in [0.2, 0.25) is 0 Å². The van der Waals surface area contributed by atoms with E-state index in [1.54, 1.807) is 0 Å². The van der Waals surface area contributed by atoms with E-state index < -0.39 is 17.6 Å². The van der Waals surface area contributed by atoms with Crippen LogP contribution in [0.5, 0.6) is 0 Å². The lowest BCUT2D eigenvalue weighted by Crippen LogP contribution is -2.06. The molecule has 0 atom stereocenters.